The standard InChI is InChI=1S/C28H33N3O4S/c32-28(30-19-7-6-8-22-17-20-29-21-18-22)23-13-15-25(16-14-23)36(33,34)31-26-11-4-5-12-27(26)35-24-9-2-1-3-10-24/h1-5,9-16,22,29,31H,6-8,17-21H2,(H,30,32). The normalized spacial score (nSPS) is 14.2. The lowest BCUT2D eigenvalue weighted by atomic mass is 9.92. The van der Waals surface area contributed by atoms with Crippen molar-refractivity contribution in [1.82, 2.24) is 10.6 Å². The molecule has 1 aliphatic heterocycles. The van der Waals surface area contributed by atoms with Gasteiger partial charge in [-0.25, -0.2) is 8.42 Å². The molecule has 0 spiro atoms. The van der Waals surface area contributed by atoms with Crippen molar-refractivity contribution >= 4 is 21.6 Å². The summed E-state index contributed by atoms with van der Waals surface area (Å²) in [4.78, 5) is 12.5. The molecular formula is C28H33N3O4S. The van der Waals surface area contributed by atoms with Gasteiger partial charge in [0.05, 0.1) is 10.6 Å². The zero-order valence-electron chi connectivity index (χ0n) is 20.3. The van der Waals surface area contributed by atoms with Crippen LogP contribution in [0.1, 0.15) is 42.5 Å². The molecule has 8 heteroatoms. The Labute approximate surface area is 213 Å². The highest BCUT2D eigenvalue weighted by molar-refractivity contribution is 7.92. The first-order chi connectivity index (χ1) is 17.5. The van der Waals surface area contributed by atoms with E-state index in [0.29, 0.717) is 29.3 Å². The first-order valence-electron chi connectivity index (χ1n) is 12.4. The second-order valence-electron chi connectivity index (χ2n) is 8.99. The fraction of sp³-hybridized carbons (Fsp3) is 0.321. The number of rotatable bonds is 11. The summed E-state index contributed by atoms with van der Waals surface area (Å²) in [5.41, 5.74) is 0.757. The number of piperidine rings is 1. The molecule has 0 unspecified atom stereocenters. The lowest BCUT2D eigenvalue weighted by Crippen LogP contribution is -2.28. The number of anilines is 1. The van der Waals surface area contributed by atoms with Crippen molar-refractivity contribution in [2.75, 3.05) is 24.4 Å². The number of carbonyl (C=O) groups excluding carboxylic acids is 1. The highest BCUT2D eigenvalue weighted by Gasteiger charge is 2.18. The molecule has 36 heavy (non-hydrogen) atoms. The third-order valence-electron chi connectivity index (χ3n) is 6.31. The van der Waals surface area contributed by atoms with Gasteiger partial charge in [0.25, 0.3) is 15.9 Å². The summed E-state index contributed by atoms with van der Waals surface area (Å²) in [7, 11) is -3.87. The molecule has 1 fully saturated rings. The van der Waals surface area contributed by atoms with Gasteiger partial charge in [0.1, 0.15) is 5.75 Å². The molecule has 0 bridgehead atoms. The van der Waals surface area contributed by atoms with Gasteiger partial charge in [-0.3, -0.25) is 9.52 Å². The number of benzene rings is 3. The highest BCUT2D eigenvalue weighted by Crippen LogP contribution is 2.31. The molecule has 0 saturated carbocycles. The van der Waals surface area contributed by atoms with Gasteiger partial charge in [0.15, 0.2) is 5.75 Å². The third-order valence-corrected chi connectivity index (χ3v) is 7.69. The van der Waals surface area contributed by atoms with Gasteiger partial charge >= 0.3 is 0 Å². The summed E-state index contributed by atoms with van der Waals surface area (Å²) in [6.07, 6.45) is 5.72. The zero-order valence-corrected chi connectivity index (χ0v) is 21.1. The fourth-order valence-corrected chi connectivity index (χ4v) is 5.35. The summed E-state index contributed by atoms with van der Waals surface area (Å²) in [5, 5.41) is 6.31. The Balaban J connectivity index is 1.30. The summed E-state index contributed by atoms with van der Waals surface area (Å²) in [5.74, 6) is 1.59. The Hall–Kier alpha value is -3.36. The Morgan fingerprint density at radius 1 is 0.889 bits per heavy atom. The van der Waals surface area contributed by atoms with Crippen LogP contribution in [0.15, 0.2) is 83.8 Å². The Bertz CT molecular complexity index is 1230. The average molecular weight is 508 g/mol. The minimum absolute atomic E-state index is 0.0653. The molecule has 0 aliphatic carbocycles. The molecule has 7 nitrogen and oxygen atoms in total. The quantitative estimate of drug-likeness (QED) is 0.311. The molecule has 190 valence electrons. The van der Waals surface area contributed by atoms with Crippen LogP contribution in [0, 0.1) is 5.92 Å². The number of nitrogens with one attached hydrogen (secondary N) is 3. The maximum absolute atomic E-state index is 13.0. The summed E-state index contributed by atoms with van der Waals surface area (Å²) in [6.45, 7) is 2.83. The maximum atomic E-state index is 13.0. The van der Waals surface area contributed by atoms with Crippen molar-refractivity contribution in [2.45, 2.75) is 37.0 Å². The second-order valence-corrected chi connectivity index (χ2v) is 10.7. The van der Waals surface area contributed by atoms with E-state index in [1.54, 1.807) is 36.4 Å². The van der Waals surface area contributed by atoms with E-state index in [-0.39, 0.29) is 10.8 Å². The van der Waals surface area contributed by atoms with Gasteiger partial charge in [-0.05, 0) is 86.8 Å². The van der Waals surface area contributed by atoms with E-state index in [9.17, 15) is 13.2 Å². The maximum Gasteiger partial charge on any atom is 0.262 e. The minimum atomic E-state index is -3.87. The molecule has 4 rings (SSSR count). The first-order valence-corrected chi connectivity index (χ1v) is 13.9. The Morgan fingerprint density at radius 2 is 1.58 bits per heavy atom. The van der Waals surface area contributed by atoms with Crippen LogP contribution in [-0.2, 0) is 10.0 Å². The molecule has 3 N–H and O–H groups in total. The monoisotopic (exact) mass is 507 g/mol. The third kappa shape index (κ3) is 7.32. The van der Waals surface area contributed by atoms with Crippen LogP contribution in [0.25, 0.3) is 0 Å². The first kappa shape index (κ1) is 25.7. The number of carbonyl (C=O) groups is 1. The molecule has 0 radical (unpaired) electrons. The second kappa shape index (κ2) is 12.6. The van der Waals surface area contributed by atoms with Crippen molar-refractivity contribution in [1.29, 1.82) is 0 Å². The fourth-order valence-electron chi connectivity index (χ4n) is 4.28. The van der Waals surface area contributed by atoms with Gasteiger partial charge in [0, 0.05) is 12.1 Å². The Morgan fingerprint density at radius 3 is 2.33 bits per heavy atom. The molecule has 3 aromatic rings. The lowest BCUT2D eigenvalue weighted by Gasteiger charge is -2.22. The van der Waals surface area contributed by atoms with E-state index in [2.05, 4.69) is 15.4 Å². The molecule has 3 aromatic carbocycles. The largest absolute Gasteiger partial charge is 0.455 e. The number of unbranched alkanes of at least 4 members (excludes halogenated alkanes) is 1. The van der Waals surface area contributed by atoms with Gasteiger partial charge < -0.3 is 15.4 Å². The highest BCUT2D eigenvalue weighted by atomic mass is 32.2. The number of sulfonamides is 1. The minimum Gasteiger partial charge on any atom is -0.455 e. The van der Waals surface area contributed by atoms with Gasteiger partial charge in [-0.2, -0.15) is 0 Å². The number of hydrogen-bond donors (Lipinski definition) is 3. The number of para-hydroxylation sites is 3. The molecule has 1 saturated heterocycles. The molecule has 0 atom stereocenters. The number of hydrogen-bond acceptors (Lipinski definition) is 5. The average Bonchev–Trinajstić information content (AvgIpc) is 2.91. The van der Waals surface area contributed by atoms with Crippen molar-refractivity contribution in [3.63, 3.8) is 0 Å². The molecule has 1 aliphatic rings. The molecular weight excluding hydrogens is 474 g/mol. The summed E-state index contributed by atoms with van der Waals surface area (Å²) in [6, 6.07) is 21.9. The molecule has 1 heterocycles. The predicted octanol–water partition coefficient (Wildman–Crippen LogP) is 5.18. The Kier molecular flexibility index (Phi) is 8.97. The SMILES string of the molecule is O=C(NCCCCC1CCNCC1)c1ccc(S(=O)(=O)Nc2ccccc2Oc2ccccc2)cc1. The smallest absolute Gasteiger partial charge is 0.262 e. The van der Waals surface area contributed by atoms with Gasteiger partial charge in [-0.15, -0.1) is 0 Å². The van der Waals surface area contributed by atoms with E-state index in [1.807, 2.05) is 18.2 Å². The number of amides is 1. The van der Waals surface area contributed by atoms with Crippen LogP contribution in [-0.4, -0.2) is 34.0 Å². The van der Waals surface area contributed by atoms with Crippen LogP contribution in [0.2, 0.25) is 0 Å². The zero-order chi connectivity index (χ0) is 25.2. The van der Waals surface area contributed by atoms with E-state index in [4.69, 9.17) is 4.74 Å². The molecule has 0 aromatic heterocycles. The van der Waals surface area contributed by atoms with Crippen LogP contribution < -0.4 is 20.1 Å². The van der Waals surface area contributed by atoms with Crippen molar-refractivity contribution in [2.24, 2.45) is 5.92 Å². The van der Waals surface area contributed by atoms with Crippen molar-refractivity contribution in [3.05, 3.63) is 84.4 Å². The van der Waals surface area contributed by atoms with Gasteiger partial charge in [0.2, 0.25) is 0 Å². The van der Waals surface area contributed by atoms with E-state index < -0.39 is 10.0 Å². The van der Waals surface area contributed by atoms with Crippen LogP contribution >= 0.6 is 0 Å². The van der Waals surface area contributed by atoms with E-state index in [1.165, 1.54) is 43.5 Å². The van der Waals surface area contributed by atoms with E-state index >= 15 is 0 Å². The topological polar surface area (TPSA) is 96.5 Å². The van der Waals surface area contributed by atoms with Crippen LogP contribution in [0.5, 0.6) is 11.5 Å². The predicted molar refractivity (Wildman–Crippen MR) is 142 cm³/mol. The number of ether oxygens (including phenoxy) is 1. The van der Waals surface area contributed by atoms with Crippen LogP contribution in [0.3, 0.4) is 0 Å². The van der Waals surface area contributed by atoms with Crippen molar-refractivity contribution < 1.29 is 17.9 Å². The van der Waals surface area contributed by atoms with Gasteiger partial charge in [-0.1, -0.05) is 43.2 Å². The molecule has 1 amide bonds. The van der Waals surface area contributed by atoms with E-state index in [0.717, 1.165) is 31.8 Å². The summed E-state index contributed by atoms with van der Waals surface area (Å²) < 4.78 is 34.4. The lowest BCUT2D eigenvalue weighted by molar-refractivity contribution is 0.0952. The van der Waals surface area contributed by atoms with Crippen molar-refractivity contribution in [3.8, 4) is 11.5 Å². The summed E-state index contributed by atoms with van der Waals surface area (Å²) >= 11 is 0. The van der Waals surface area contributed by atoms with Crippen LogP contribution in [0.4, 0.5) is 5.69 Å².